The van der Waals surface area contributed by atoms with E-state index in [0.717, 1.165) is 28.9 Å². The number of para-hydroxylation sites is 1. The molecule has 1 N–H and O–H groups in total. The fourth-order valence-corrected chi connectivity index (χ4v) is 5.60. The summed E-state index contributed by atoms with van der Waals surface area (Å²) in [6.07, 6.45) is 4.87. The lowest BCUT2D eigenvalue weighted by Crippen LogP contribution is -2.24. The largest absolute Gasteiger partial charge is 0.507 e. The molecular weight excluding hydrogens is 408 g/mol. The number of aryl methyl sites for hydroxylation is 2. The van der Waals surface area contributed by atoms with Crippen molar-refractivity contribution in [1.82, 2.24) is 9.88 Å². The summed E-state index contributed by atoms with van der Waals surface area (Å²) in [5, 5.41) is 12.0. The molecule has 0 unspecified atom stereocenters. The molecule has 0 spiro atoms. The number of hydrogen-bond donors (Lipinski definition) is 1. The van der Waals surface area contributed by atoms with E-state index in [0.29, 0.717) is 39.4 Å². The number of nitrogens with zero attached hydrogens (tertiary/aromatic N) is 2. The van der Waals surface area contributed by atoms with Gasteiger partial charge < -0.3 is 9.52 Å². The molecule has 1 aliphatic rings. The van der Waals surface area contributed by atoms with Crippen molar-refractivity contribution in [2.24, 2.45) is 0 Å². The van der Waals surface area contributed by atoms with E-state index in [1.165, 1.54) is 37.0 Å². The number of rotatable bonds is 3. The zero-order valence-corrected chi connectivity index (χ0v) is 18.7. The third-order valence-electron chi connectivity index (χ3n) is 6.24. The van der Waals surface area contributed by atoms with Gasteiger partial charge in [0.05, 0.1) is 21.2 Å². The molecule has 160 valence electrons. The van der Waals surface area contributed by atoms with Crippen molar-refractivity contribution in [3.8, 4) is 16.3 Å². The molecule has 0 aliphatic carbocycles. The number of aromatic nitrogens is 1. The number of likely N-dealkylation sites (tertiary alicyclic amines) is 1. The van der Waals surface area contributed by atoms with Crippen molar-refractivity contribution in [2.75, 3.05) is 13.1 Å². The summed E-state index contributed by atoms with van der Waals surface area (Å²) in [6.45, 7) is 6.31. The van der Waals surface area contributed by atoms with Gasteiger partial charge in [-0.15, -0.1) is 11.3 Å². The van der Waals surface area contributed by atoms with Crippen LogP contribution in [0.5, 0.6) is 5.75 Å². The summed E-state index contributed by atoms with van der Waals surface area (Å²) in [6, 6.07) is 9.71. The molecule has 2 aromatic carbocycles. The Kier molecular flexibility index (Phi) is 5.28. The van der Waals surface area contributed by atoms with Crippen molar-refractivity contribution in [3.05, 3.63) is 57.4 Å². The molecule has 2 aromatic heterocycles. The lowest BCUT2D eigenvalue weighted by molar-refractivity contribution is 0.272. The van der Waals surface area contributed by atoms with Crippen LogP contribution in [0.2, 0.25) is 0 Å². The molecule has 4 aromatic rings. The van der Waals surface area contributed by atoms with E-state index in [9.17, 15) is 9.90 Å². The fraction of sp³-hybridized carbons (Fsp3) is 0.360. The second-order valence-electron chi connectivity index (χ2n) is 8.43. The van der Waals surface area contributed by atoms with Gasteiger partial charge in [-0.25, -0.2) is 4.98 Å². The average Bonchev–Trinajstić information content (AvgIpc) is 3.01. The van der Waals surface area contributed by atoms with Crippen LogP contribution in [0.15, 0.2) is 39.5 Å². The number of thiazole rings is 1. The monoisotopic (exact) mass is 434 g/mol. The molecule has 0 radical (unpaired) electrons. The highest BCUT2D eigenvalue weighted by atomic mass is 32.1. The predicted molar refractivity (Wildman–Crippen MR) is 126 cm³/mol. The molecule has 0 bridgehead atoms. The molecule has 0 amide bonds. The highest BCUT2D eigenvalue weighted by Crippen LogP contribution is 2.35. The standard InChI is InChI=1S/C25H26N2O3S/c1-15-22(28)17(14-27-11-7-3-4-8-12-27)13-18-23(29)21(16(2)30-24(15)18)25-26-19-9-5-6-10-20(19)31-25/h5-6,9-10,13,28H,3-4,7-8,11-12,14H2,1-2H3. The molecule has 1 fully saturated rings. The van der Waals surface area contributed by atoms with Crippen LogP contribution >= 0.6 is 11.3 Å². The van der Waals surface area contributed by atoms with E-state index in [1.54, 1.807) is 6.92 Å². The van der Waals surface area contributed by atoms with Crippen LogP contribution < -0.4 is 5.43 Å². The van der Waals surface area contributed by atoms with Crippen molar-refractivity contribution in [1.29, 1.82) is 0 Å². The van der Waals surface area contributed by atoms with Gasteiger partial charge in [0.2, 0.25) is 5.43 Å². The maximum Gasteiger partial charge on any atom is 0.203 e. The quantitative estimate of drug-likeness (QED) is 0.443. The number of phenols is 1. The Morgan fingerprint density at radius 1 is 1.13 bits per heavy atom. The summed E-state index contributed by atoms with van der Waals surface area (Å²) in [7, 11) is 0. The molecule has 1 saturated heterocycles. The van der Waals surface area contributed by atoms with Gasteiger partial charge in [-0.3, -0.25) is 9.69 Å². The van der Waals surface area contributed by atoms with Crippen LogP contribution in [-0.2, 0) is 6.54 Å². The van der Waals surface area contributed by atoms with Crippen LogP contribution in [0.4, 0.5) is 0 Å². The molecule has 31 heavy (non-hydrogen) atoms. The lowest BCUT2D eigenvalue weighted by Gasteiger charge is -2.21. The SMILES string of the molecule is Cc1oc2c(C)c(O)c(CN3CCCCCC3)cc2c(=O)c1-c1nc2ccccc2s1. The number of hydrogen-bond acceptors (Lipinski definition) is 6. The normalized spacial score (nSPS) is 15.5. The maximum atomic E-state index is 13.6. The fourth-order valence-electron chi connectivity index (χ4n) is 4.54. The topological polar surface area (TPSA) is 66.6 Å². The molecule has 6 heteroatoms. The van der Waals surface area contributed by atoms with Crippen LogP contribution in [-0.4, -0.2) is 28.1 Å². The van der Waals surface area contributed by atoms with E-state index in [1.807, 2.05) is 37.3 Å². The Morgan fingerprint density at radius 3 is 2.61 bits per heavy atom. The van der Waals surface area contributed by atoms with Gasteiger partial charge in [-0.05, 0) is 58.0 Å². The van der Waals surface area contributed by atoms with Gasteiger partial charge in [-0.1, -0.05) is 25.0 Å². The number of benzene rings is 2. The first-order valence-electron chi connectivity index (χ1n) is 10.9. The number of fused-ring (bicyclic) bond motifs is 2. The third-order valence-corrected chi connectivity index (χ3v) is 7.30. The predicted octanol–water partition coefficient (Wildman–Crippen LogP) is 5.77. The molecule has 1 aliphatic heterocycles. The third kappa shape index (κ3) is 3.64. The van der Waals surface area contributed by atoms with Crippen molar-refractivity contribution in [3.63, 3.8) is 0 Å². The Hall–Kier alpha value is -2.70. The molecule has 0 atom stereocenters. The minimum absolute atomic E-state index is 0.0852. The van der Waals surface area contributed by atoms with Gasteiger partial charge >= 0.3 is 0 Å². The second kappa shape index (κ2) is 8.09. The van der Waals surface area contributed by atoms with Crippen molar-refractivity contribution >= 4 is 32.5 Å². The Balaban J connectivity index is 1.65. The first kappa shape index (κ1) is 20.2. The first-order chi connectivity index (χ1) is 15.0. The van der Waals surface area contributed by atoms with Crippen LogP contribution in [0.1, 0.15) is 42.6 Å². The maximum absolute atomic E-state index is 13.6. The summed E-state index contributed by atoms with van der Waals surface area (Å²) in [5.74, 6) is 0.756. The van der Waals surface area contributed by atoms with Crippen molar-refractivity contribution in [2.45, 2.75) is 46.1 Å². The van der Waals surface area contributed by atoms with Crippen molar-refractivity contribution < 1.29 is 9.52 Å². The van der Waals surface area contributed by atoms with Gasteiger partial charge in [0.25, 0.3) is 0 Å². The van der Waals surface area contributed by atoms with E-state index in [2.05, 4.69) is 9.88 Å². The summed E-state index contributed by atoms with van der Waals surface area (Å²) in [4.78, 5) is 20.7. The Morgan fingerprint density at radius 2 is 1.87 bits per heavy atom. The highest BCUT2D eigenvalue weighted by molar-refractivity contribution is 7.21. The second-order valence-corrected chi connectivity index (χ2v) is 9.46. The average molecular weight is 435 g/mol. The van der Waals surface area contributed by atoms with Crippen LogP contribution in [0.3, 0.4) is 0 Å². The zero-order chi connectivity index (χ0) is 21.5. The molecule has 5 nitrogen and oxygen atoms in total. The first-order valence-corrected chi connectivity index (χ1v) is 11.7. The summed E-state index contributed by atoms with van der Waals surface area (Å²) >= 11 is 1.50. The summed E-state index contributed by atoms with van der Waals surface area (Å²) < 4.78 is 7.14. The zero-order valence-electron chi connectivity index (χ0n) is 17.9. The number of phenolic OH excluding ortho intramolecular Hbond substituents is 1. The number of aromatic hydroxyl groups is 1. The van der Waals surface area contributed by atoms with Crippen LogP contribution in [0, 0.1) is 13.8 Å². The Bertz CT molecular complexity index is 1300. The molecule has 5 rings (SSSR count). The van der Waals surface area contributed by atoms with Crippen LogP contribution in [0.25, 0.3) is 31.8 Å². The molecular formula is C25H26N2O3S. The molecule has 3 heterocycles. The summed E-state index contributed by atoms with van der Waals surface area (Å²) in [5.41, 5.74) is 3.18. The minimum Gasteiger partial charge on any atom is -0.507 e. The van der Waals surface area contributed by atoms with E-state index < -0.39 is 0 Å². The van der Waals surface area contributed by atoms with E-state index >= 15 is 0 Å². The lowest BCUT2D eigenvalue weighted by atomic mass is 10.0. The smallest absolute Gasteiger partial charge is 0.203 e. The van der Waals surface area contributed by atoms with Gasteiger partial charge in [-0.2, -0.15) is 0 Å². The van der Waals surface area contributed by atoms with Gasteiger partial charge in [0.1, 0.15) is 22.1 Å². The van der Waals surface area contributed by atoms with Gasteiger partial charge in [0, 0.05) is 17.7 Å². The Labute approximate surface area is 185 Å². The van der Waals surface area contributed by atoms with E-state index in [-0.39, 0.29) is 11.2 Å². The minimum atomic E-state index is -0.0852. The van der Waals surface area contributed by atoms with E-state index in [4.69, 9.17) is 4.42 Å². The highest BCUT2D eigenvalue weighted by Gasteiger charge is 2.22. The van der Waals surface area contributed by atoms with Gasteiger partial charge in [0.15, 0.2) is 0 Å². The molecule has 0 saturated carbocycles.